The van der Waals surface area contributed by atoms with Crippen molar-refractivity contribution in [2.24, 2.45) is 0 Å². The Hall–Kier alpha value is -2.64. The number of carboxylic acids is 1. The summed E-state index contributed by atoms with van der Waals surface area (Å²) < 4.78 is 9.96. The zero-order chi connectivity index (χ0) is 15.1. The number of nitrogens with zero attached hydrogens (tertiary/aromatic N) is 2. The maximum absolute atomic E-state index is 11.5. The summed E-state index contributed by atoms with van der Waals surface area (Å²) >= 11 is 0. The van der Waals surface area contributed by atoms with Crippen LogP contribution in [-0.4, -0.2) is 33.7 Å². The lowest BCUT2D eigenvalue weighted by Gasteiger charge is -2.02. The Balaban J connectivity index is 1.71. The van der Waals surface area contributed by atoms with E-state index in [0.717, 1.165) is 0 Å². The third-order valence-electron chi connectivity index (χ3n) is 2.70. The van der Waals surface area contributed by atoms with Crippen LogP contribution in [-0.2, 0) is 16.0 Å². The molecule has 0 aliphatic heterocycles. The molecule has 2 N–H and O–H groups in total. The van der Waals surface area contributed by atoms with Crippen molar-refractivity contribution in [3.8, 4) is 11.4 Å². The fourth-order valence-corrected chi connectivity index (χ4v) is 1.64. The summed E-state index contributed by atoms with van der Waals surface area (Å²) in [6.45, 7) is 0.342. The van der Waals surface area contributed by atoms with Crippen LogP contribution in [0.5, 0.6) is 0 Å². The molecule has 21 heavy (non-hydrogen) atoms. The van der Waals surface area contributed by atoms with E-state index in [9.17, 15) is 9.59 Å². The summed E-state index contributed by atoms with van der Waals surface area (Å²) in [5.41, 5.74) is 0.711. The molecule has 2 heterocycles. The summed E-state index contributed by atoms with van der Waals surface area (Å²) in [5.74, 6) is -0.266. The number of carbonyl (C=O) groups is 2. The normalized spacial score (nSPS) is 10.5. The van der Waals surface area contributed by atoms with Gasteiger partial charge in [0.15, 0.2) is 0 Å². The molecule has 0 saturated carbocycles. The molecule has 2 rings (SSSR count). The smallest absolute Gasteiger partial charge is 0.303 e. The second kappa shape index (κ2) is 7.22. The Morgan fingerprint density at radius 2 is 2.19 bits per heavy atom. The van der Waals surface area contributed by atoms with Crippen LogP contribution in [0, 0.1) is 0 Å². The van der Waals surface area contributed by atoms with Crippen molar-refractivity contribution in [1.82, 2.24) is 15.5 Å². The molecule has 2 aromatic heterocycles. The molecule has 2 aromatic rings. The zero-order valence-electron chi connectivity index (χ0n) is 11.2. The van der Waals surface area contributed by atoms with Crippen molar-refractivity contribution in [3.63, 3.8) is 0 Å². The molecular formula is C13H15N3O5. The molecule has 0 atom stereocenters. The minimum absolute atomic E-state index is 0.0397. The van der Waals surface area contributed by atoms with E-state index in [-0.39, 0.29) is 18.7 Å². The molecule has 0 aromatic carbocycles. The summed E-state index contributed by atoms with van der Waals surface area (Å²) in [6, 6.07) is 1.71. The zero-order valence-corrected chi connectivity index (χ0v) is 11.2. The number of rotatable bonds is 8. The first-order valence-corrected chi connectivity index (χ1v) is 6.49. The van der Waals surface area contributed by atoms with Crippen molar-refractivity contribution < 1.29 is 23.6 Å². The van der Waals surface area contributed by atoms with E-state index in [1.165, 1.54) is 12.5 Å². The Bertz CT molecular complexity index is 591. The summed E-state index contributed by atoms with van der Waals surface area (Å²) in [4.78, 5) is 26.0. The van der Waals surface area contributed by atoms with Crippen molar-refractivity contribution in [1.29, 1.82) is 0 Å². The van der Waals surface area contributed by atoms with E-state index in [1.54, 1.807) is 6.07 Å². The number of carboxylic acid groups (broad SMARTS) is 1. The first-order chi connectivity index (χ1) is 10.1. The highest BCUT2D eigenvalue weighted by Gasteiger charge is 2.11. The van der Waals surface area contributed by atoms with Gasteiger partial charge >= 0.3 is 5.97 Å². The number of furan rings is 1. The number of hydrogen-bond acceptors (Lipinski definition) is 6. The van der Waals surface area contributed by atoms with Crippen LogP contribution in [0.25, 0.3) is 11.4 Å². The van der Waals surface area contributed by atoms with Crippen LogP contribution >= 0.6 is 0 Å². The fraction of sp³-hybridized carbons (Fsp3) is 0.385. The summed E-state index contributed by atoms with van der Waals surface area (Å²) in [6.07, 6.45) is 4.00. The van der Waals surface area contributed by atoms with Gasteiger partial charge < -0.3 is 19.4 Å². The minimum Gasteiger partial charge on any atom is -0.481 e. The summed E-state index contributed by atoms with van der Waals surface area (Å²) in [7, 11) is 0. The van der Waals surface area contributed by atoms with Crippen molar-refractivity contribution >= 4 is 11.9 Å². The van der Waals surface area contributed by atoms with Gasteiger partial charge in [-0.15, -0.1) is 0 Å². The van der Waals surface area contributed by atoms with Crippen LogP contribution < -0.4 is 5.32 Å². The average molecular weight is 293 g/mol. The van der Waals surface area contributed by atoms with E-state index in [0.29, 0.717) is 36.7 Å². The van der Waals surface area contributed by atoms with E-state index >= 15 is 0 Å². The number of carbonyl (C=O) groups excluding carboxylic acids is 1. The SMILES string of the molecule is O=C(O)CCCNC(=O)CCc1nc(-c2ccoc2)no1. The van der Waals surface area contributed by atoms with E-state index in [4.69, 9.17) is 14.0 Å². The van der Waals surface area contributed by atoms with Gasteiger partial charge in [-0.2, -0.15) is 4.98 Å². The number of amides is 1. The molecule has 0 aliphatic carbocycles. The molecule has 8 nitrogen and oxygen atoms in total. The fourth-order valence-electron chi connectivity index (χ4n) is 1.64. The lowest BCUT2D eigenvalue weighted by atomic mass is 10.2. The molecule has 0 unspecified atom stereocenters. The topological polar surface area (TPSA) is 118 Å². The van der Waals surface area contributed by atoms with Gasteiger partial charge in [0.2, 0.25) is 17.6 Å². The van der Waals surface area contributed by atoms with Crippen molar-refractivity contribution in [2.45, 2.75) is 25.7 Å². The van der Waals surface area contributed by atoms with E-state index < -0.39 is 5.97 Å². The molecule has 1 amide bonds. The predicted molar refractivity (Wildman–Crippen MR) is 70.2 cm³/mol. The number of hydrogen-bond donors (Lipinski definition) is 2. The molecule has 112 valence electrons. The second-order valence-electron chi connectivity index (χ2n) is 4.37. The molecule has 0 fully saturated rings. The second-order valence-corrected chi connectivity index (χ2v) is 4.37. The molecule has 0 spiro atoms. The van der Waals surface area contributed by atoms with Gasteiger partial charge in [0, 0.05) is 25.8 Å². The first-order valence-electron chi connectivity index (χ1n) is 6.49. The number of aliphatic carboxylic acids is 1. The Labute approximate surface area is 120 Å². The van der Waals surface area contributed by atoms with Crippen LogP contribution in [0.3, 0.4) is 0 Å². The van der Waals surface area contributed by atoms with Gasteiger partial charge in [-0.25, -0.2) is 0 Å². The molecule has 0 radical (unpaired) electrons. The lowest BCUT2D eigenvalue weighted by molar-refractivity contribution is -0.137. The predicted octanol–water partition coefficient (Wildman–Crippen LogP) is 1.24. The molecule has 0 saturated heterocycles. The lowest BCUT2D eigenvalue weighted by Crippen LogP contribution is -2.25. The van der Waals surface area contributed by atoms with Gasteiger partial charge in [0.1, 0.15) is 6.26 Å². The van der Waals surface area contributed by atoms with Gasteiger partial charge in [-0.05, 0) is 12.5 Å². The highest BCUT2D eigenvalue weighted by atomic mass is 16.5. The van der Waals surface area contributed by atoms with E-state index in [1.807, 2.05) is 0 Å². The highest BCUT2D eigenvalue weighted by Crippen LogP contribution is 2.16. The van der Waals surface area contributed by atoms with Gasteiger partial charge in [0.05, 0.1) is 11.8 Å². The Morgan fingerprint density at radius 1 is 1.33 bits per heavy atom. The standard InChI is InChI=1S/C13H15N3O5/c17-10(14-6-1-2-12(18)19)3-4-11-15-13(16-21-11)9-5-7-20-8-9/h5,7-8H,1-4,6H2,(H,14,17)(H,18,19). The van der Waals surface area contributed by atoms with Gasteiger partial charge in [-0.3, -0.25) is 9.59 Å². The third-order valence-corrected chi connectivity index (χ3v) is 2.70. The van der Waals surface area contributed by atoms with Crippen molar-refractivity contribution in [3.05, 3.63) is 24.5 Å². The van der Waals surface area contributed by atoms with Gasteiger partial charge in [-0.1, -0.05) is 5.16 Å². The van der Waals surface area contributed by atoms with E-state index in [2.05, 4.69) is 15.5 Å². The Kier molecular flexibility index (Phi) is 5.08. The van der Waals surface area contributed by atoms with Crippen LogP contribution in [0.1, 0.15) is 25.2 Å². The largest absolute Gasteiger partial charge is 0.481 e. The minimum atomic E-state index is -0.873. The number of nitrogens with one attached hydrogen (secondary N) is 1. The quantitative estimate of drug-likeness (QED) is 0.703. The average Bonchev–Trinajstić information content (AvgIpc) is 3.11. The third kappa shape index (κ3) is 4.75. The van der Waals surface area contributed by atoms with Crippen LogP contribution in [0.15, 0.2) is 27.5 Å². The maximum atomic E-state index is 11.5. The first kappa shape index (κ1) is 14.8. The highest BCUT2D eigenvalue weighted by molar-refractivity contribution is 5.76. The monoisotopic (exact) mass is 293 g/mol. The number of aromatic nitrogens is 2. The van der Waals surface area contributed by atoms with Crippen LogP contribution in [0.2, 0.25) is 0 Å². The number of aryl methyl sites for hydroxylation is 1. The maximum Gasteiger partial charge on any atom is 0.303 e. The molecule has 0 aliphatic rings. The Morgan fingerprint density at radius 3 is 2.90 bits per heavy atom. The van der Waals surface area contributed by atoms with Crippen LogP contribution in [0.4, 0.5) is 0 Å². The summed E-state index contributed by atoms with van der Waals surface area (Å²) in [5, 5.41) is 14.9. The molecule has 0 bridgehead atoms. The van der Waals surface area contributed by atoms with Gasteiger partial charge in [0.25, 0.3) is 0 Å². The van der Waals surface area contributed by atoms with Crippen molar-refractivity contribution in [2.75, 3.05) is 6.54 Å². The molecule has 8 heteroatoms. The molecular weight excluding hydrogens is 278 g/mol.